The molecule has 1 fully saturated rings. The van der Waals surface area contributed by atoms with Crippen LogP contribution in [0.2, 0.25) is 0 Å². The van der Waals surface area contributed by atoms with Crippen LogP contribution in [-0.2, 0) is 6.18 Å². The average molecular weight is 317 g/mol. The van der Waals surface area contributed by atoms with Crippen LogP contribution >= 0.6 is 0 Å². The maximum absolute atomic E-state index is 12.6. The Balaban J connectivity index is 2.23. The summed E-state index contributed by atoms with van der Waals surface area (Å²) < 4.78 is 37.9. The van der Waals surface area contributed by atoms with Gasteiger partial charge in [0.05, 0.1) is 16.8 Å². The van der Waals surface area contributed by atoms with E-state index >= 15 is 0 Å². The number of nitrogens with one attached hydrogen (secondary N) is 2. The van der Waals surface area contributed by atoms with Gasteiger partial charge in [0.15, 0.2) is 0 Å². The van der Waals surface area contributed by atoms with Crippen LogP contribution in [0.5, 0.6) is 0 Å². The van der Waals surface area contributed by atoms with Crippen molar-refractivity contribution >= 4 is 17.7 Å². The van der Waals surface area contributed by atoms with Crippen molar-refractivity contribution in [1.29, 1.82) is 0 Å². The number of carbonyl (C=O) groups is 2. The molecule has 22 heavy (non-hydrogen) atoms. The minimum Gasteiger partial charge on any atom is -0.478 e. The summed E-state index contributed by atoms with van der Waals surface area (Å²) in [5, 5.41) is 14.4. The first-order valence-corrected chi connectivity index (χ1v) is 6.50. The predicted octanol–water partition coefficient (Wildman–Crippen LogP) is 1.84. The predicted molar refractivity (Wildman–Crippen MR) is 71.9 cm³/mol. The molecule has 6 nitrogen and oxygen atoms in total. The lowest BCUT2D eigenvalue weighted by molar-refractivity contribution is -0.137. The van der Waals surface area contributed by atoms with E-state index < -0.39 is 29.3 Å². The van der Waals surface area contributed by atoms with E-state index in [1.165, 1.54) is 4.90 Å². The van der Waals surface area contributed by atoms with Crippen molar-refractivity contribution in [3.05, 3.63) is 29.3 Å². The van der Waals surface area contributed by atoms with Crippen LogP contribution in [-0.4, -0.2) is 48.2 Å². The molecule has 0 aliphatic carbocycles. The van der Waals surface area contributed by atoms with E-state index in [0.717, 1.165) is 12.1 Å². The van der Waals surface area contributed by atoms with Gasteiger partial charge in [-0.3, -0.25) is 0 Å². The molecule has 1 heterocycles. The summed E-state index contributed by atoms with van der Waals surface area (Å²) in [4.78, 5) is 24.6. The first-order valence-electron chi connectivity index (χ1n) is 6.50. The highest BCUT2D eigenvalue weighted by Gasteiger charge is 2.32. The fraction of sp³-hybridized carbons (Fsp3) is 0.385. The summed E-state index contributed by atoms with van der Waals surface area (Å²) in [7, 11) is 0. The van der Waals surface area contributed by atoms with Gasteiger partial charge >= 0.3 is 18.2 Å². The first kappa shape index (κ1) is 16.1. The quantitative estimate of drug-likeness (QED) is 0.777. The number of amides is 2. The van der Waals surface area contributed by atoms with Gasteiger partial charge in [-0.1, -0.05) is 0 Å². The maximum Gasteiger partial charge on any atom is 0.416 e. The normalized spacial score (nSPS) is 15.5. The number of hydrogen-bond acceptors (Lipinski definition) is 3. The fourth-order valence-corrected chi connectivity index (χ4v) is 2.07. The Morgan fingerprint density at radius 2 is 1.86 bits per heavy atom. The van der Waals surface area contributed by atoms with E-state index in [9.17, 15) is 22.8 Å². The number of anilines is 1. The average Bonchev–Trinajstić information content (AvgIpc) is 2.47. The van der Waals surface area contributed by atoms with Crippen LogP contribution < -0.4 is 10.6 Å². The Morgan fingerprint density at radius 1 is 1.23 bits per heavy atom. The van der Waals surface area contributed by atoms with Crippen molar-refractivity contribution in [3.8, 4) is 0 Å². The molecule has 9 heteroatoms. The Bertz CT molecular complexity index is 584. The van der Waals surface area contributed by atoms with Crippen molar-refractivity contribution in [2.45, 2.75) is 6.18 Å². The summed E-state index contributed by atoms with van der Waals surface area (Å²) in [5.74, 6) is -1.54. The number of benzene rings is 1. The molecule has 3 N–H and O–H groups in total. The fourth-order valence-electron chi connectivity index (χ4n) is 2.07. The van der Waals surface area contributed by atoms with E-state index in [-0.39, 0.29) is 5.69 Å². The summed E-state index contributed by atoms with van der Waals surface area (Å²) in [6, 6.07) is 1.66. The van der Waals surface area contributed by atoms with Crippen LogP contribution in [0.1, 0.15) is 15.9 Å². The number of carboxylic acids is 1. The molecule has 1 aromatic rings. The lowest BCUT2D eigenvalue weighted by Crippen LogP contribution is -2.48. The van der Waals surface area contributed by atoms with Crippen LogP contribution in [0.15, 0.2) is 18.2 Å². The van der Waals surface area contributed by atoms with Crippen molar-refractivity contribution in [2.75, 3.05) is 31.5 Å². The van der Waals surface area contributed by atoms with E-state index in [1.54, 1.807) is 0 Å². The van der Waals surface area contributed by atoms with Crippen LogP contribution in [0.25, 0.3) is 0 Å². The minimum atomic E-state index is -4.65. The van der Waals surface area contributed by atoms with Gasteiger partial charge in [-0.2, -0.15) is 13.2 Å². The molecule has 0 radical (unpaired) electrons. The van der Waals surface area contributed by atoms with Gasteiger partial charge in [-0.05, 0) is 18.2 Å². The number of aromatic carboxylic acids is 1. The smallest absolute Gasteiger partial charge is 0.416 e. The second-order valence-electron chi connectivity index (χ2n) is 4.73. The minimum absolute atomic E-state index is 0.163. The molecule has 0 bridgehead atoms. The zero-order valence-corrected chi connectivity index (χ0v) is 11.4. The number of hydrogen-bond donors (Lipinski definition) is 3. The van der Waals surface area contributed by atoms with Crippen molar-refractivity contribution in [2.24, 2.45) is 0 Å². The highest BCUT2D eigenvalue weighted by molar-refractivity contribution is 6.00. The maximum atomic E-state index is 12.6. The van der Waals surface area contributed by atoms with E-state index in [2.05, 4.69) is 10.6 Å². The molecule has 1 aromatic carbocycles. The summed E-state index contributed by atoms with van der Waals surface area (Å²) in [5.41, 5.74) is -1.84. The Labute approximate surface area is 123 Å². The third-order valence-corrected chi connectivity index (χ3v) is 3.22. The number of rotatable bonds is 2. The first-order chi connectivity index (χ1) is 10.3. The molecule has 1 saturated heterocycles. The standard InChI is InChI=1S/C13H14F3N3O3/c14-13(15,16)8-1-2-10(9(7-8)11(20)21)18-12(22)19-5-3-17-4-6-19/h1-2,7,17H,3-6H2,(H,18,22)(H,20,21). The van der Waals surface area contributed by atoms with Crippen LogP contribution in [0.4, 0.5) is 23.7 Å². The Hall–Kier alpha value is -2.29. The molecule has 0 spiro atoms. The third kappa shape index (κ3) is 3.67. The summed E-state index contributed by atoms with van der Waals surface area (Å²) in [6.07, 6.45) is -4.65. The summed E-state index contributed by atoms with van der Waals surface area (Å²) >= 11 is 0. The topological polar surface area (TPSA) is 81.7 Å². The van der Waals surface area contributed by atoms with Gasteiger partial charge in [0.25, 0.3) is 0 Å². The van der Waals surface area contributed by atoms with E-state index in [1.807, 2.05) is 0 Å². The van der Waals surface area contributed by atoms with E-state index in [4.69, 9.17) is 5.11 Å². The second-order valence-corrected chi connectivity index (χ2v) is 4.73. The largest absolute Gasteiger partial charge is 0.478 e. The Morgan fingerprint density at radius 3 is 2.41 bits per heavy atom. The van der Waals surface area contributed by atoms with E-state index in [0.29, 0.717) is 32.2 Å². The second kappa shape index (κ2) is 6.22. The molecule has 2 amide bonds. The third-order valence-electron chi connectivity index (χ3n) is 3.22. The molecule has 0 unspecified atom stereocenters. The molecule has 0 saturated carbocycles. The molecule has 1 aliphatic rings. The van der Waals surface area contributed by atoms with Gasteiger partial charge in [0.2, 0.25) is 0 Å². The van der Waals surface area contributed by atoms with Crippen LogP contribution in [0, 0.1) is 0 Å². The lowest BCUT2D eigenvalue weighted by atomic mass is 10.1. The van der Waals surface area contributed by atoms with Gasteiger partial charge in [-0.15, -0.1) is 0 Å². The Kier molecular flexibility index (Phi) is 4.55. The number of halogens is 3. The van der Waals surface area contributed by atoms with Gasteiger partial charge < -0.3 is 20.6 Å². The molecule has 1 aliphatic heterocycles. The zero-order chi connectivity index (χ0) is 16.3. The number of urea groups is 1. The van der Waals surface area contributed by atoms with Crippen molar-refractivity contribution in [1.82, 2.24) is 10.2 Å². The highest BCUT2D eigenvalue weighted by atomic mass is 19.4. The van der Waals surface area contributed by atoms with Gasteiger partial charge in [-0.25, -0.2) is 9.59 Å². The number of carbonyl (C=O) groups excluding carboxylic acids is 1. The van der Waals surface area contributed by atoms with Gasteiger partial charge in [0, 0.05) is 26.2 Å². The number of alkyl halides is 3. The molecular weight excluding hydrogens is 303 g/mol. The monoisotopic (exact) mass is 317 g/mol. The van der Waals surface area contributed by atoms with Crippen LogP contribution in [0.3, 0.4) is 0 Å². The molecular formula is C13H14F3N3O3. The SMILES string of the molecule is O=C(O)c1cc(C(F)(F)F)ccc1NC(=O)N1CCNCC1. The zero-order valence-electron chi connectivity index (χ0n) is 11.4. The summed E-state index contributed by atoms with van der Waals surface area (Å²) in [6.45, 7) is 2.09. The van der Waals surface area contributed by atoms with Crippen molar-refractivity contribution < 1.29 is 27.9 Å². The number of carboxylic acid groups (broad SMARTS) is 1. The number of nitrogens with zero attached hydrogens (tertiary/aromatic N) is 1. The lowest BCUT2D eigenvalue weighted by Gasteiger charge is -2.27. The van der Waals surface area contributed by atoms with Crippen molar-refractivity contribution in [3.63, 3.8) is 0 Å². The number of piperazine rings is 1. The molecule has 0 aromatic heterocycles. The molecule has 0 atom stereocenters. The molecule has 120 valence electrons. The molecule has 2 rings (SSSR count). The van der Waals surface area contributed by atoms with Gasteiger partial charge in [0.1, 0.15) is 0 Å². The highest BCUT2D eigenvalue weighted by Crippen LogP contribution is 2.32.